The van der Waals surface area contributed by atoms with Crippen LogP contribution in [0.1, 0.15) is 36.2 Å². The molecule has 3 atom stereocenters. The minimum absolute atomic E-state index is 0.174. The minimum Gasteiger partial charge on any atom is -0.396 e. The van der Waals surface area contributed by atoms with Crippen LogP contribution >= 0.6 is 11.8 Å². The Balaban J connectivity index is 2.05. The Bertz CT molecular complexity index is 721. The van der Waals surface area contributed by atoms with Crippen LogP contribution in [0.4, 0.5) is 0 Å². The smallest absolute Gasteiger partial charge is 0.267 e. The molecule has 1 saturated carbocycles. The summed E-state index contributed by atoms with van der Waals surface area (Å²) in [5.41, 5.74) is 2.81. The summed E-state index contributed by atoms with van der Waals surface area (Å²) in [6.07, 6.45) is 2.77. The van der Waals surface area contributed by atoms with Gasteiger partial charge in [0, 0.05) is 28.4 Å². The maximum atomic E-state index is 12.5. The number of aliphatic hydroxyl groups excluding tert-OH is 1. The van der Waals surface area contributed by atoms with E-state index in [4.69, 9.17) is 10.3 Å². The molecule has 2 amide bonds. The summed E-state index contributed by atoms with van der Waals surface area (Å²) in [5, 5.41) is 20.6. The molecule has 1 fully saturated rings. The van der Waals surface area contributed by atoms with Gasteiger partial charge in [0.2, 0.25) is 0 Å². The molecule has 0 aliphatic heterocycles. The zero-order chi connectivity index (χ0) is 19.3. The van der Waals surface area contributed by atoms with Crippen LogP contribution in [0.5, 0.6) is 0 Å². The van der Waals surface area contributed by atoms with E-state index in [2.05, 4.69) is 17.2 Å². The highest BCUT2D eigenvalue weighted by Gasteiger charge is 2.36. The molecule has 1 aliphatic rings. The lowest BCUT2D eigenvalue weighted by molar-refractivity contribution is -0.131. The quantitative estimate of drug-likeness (QED) is 0.342. The third-order valence-corrected chi connectivity index (χ3v) is 5.86. The summed E-state index contributed by atoms with van der Waals surface area (Å²) in [6.45, 7) is 3.80. The molecule has 6 nitrogen and oxygen atoms in total. The number of aliphatic hydroxyl groups is 1. The van der Waals surface area contributed by atoms with Crippen LogP contribution in [0.3, 0.4) is 0 Å². The number of benzene rings is 1. The third kappa shape index (κ3) is 5.01. The number of carbonyl (C=O) groups excluding carboxylic acids is 2. The molecule has 0 radical (unpaired) electrons. The Hall–Kier alpha value is -2.01. The van der Waals surface area contributed by atoms with Crippen molar-refractivity contribution in [3.05, 3.63) is 35.4 Å². The van der Waals surface area contributed by atoms with E-state index in [-0.39, 0.29) is 12.5 Å². The van der Waals surface area contributed by atoms with Gasteiger partial charge < -0.3 is 10.4 Å². The highest BCUT2D eigenvalue weighted by molar-refractivity contribution is 8.00. The summed E-state index contributed by atoms with van der Waals surface area (Å²) in [4.78, 5) is 24.4. The average Bonchev–Trinajstić information content (AvgIpc) is 3.42. The van der Waals surface area contributed by atoms with E-state index in [1.807, 2.05) is 20.1 Å². The fourth-order valence-electron chi connectivity index (χ4n) is 2.46. The van der Waals surface area contributed by atoms with Gasteiger partial charge in [0.25, 0.3) is 11.8 Å². The maximum Gasteiger partial charge on any atom is 0.267 e. The van der Waals surface area contributed by atoms with Crippen molar-refractivity contribution in [1.29, 1.82) is 0 Å². The van der Waals surface area contributed by atoms with Crippen LogP contribution in [0.15, 0.2) is 24.3 Å². The van der Waals surface area contributed by atoms with Gasteiger partial charge in [-0.3, -0.25) is 14.8 Å². The van der Waals surface area contributed by atoms with Gasteiger partial charge in [-0.1, -0.05) is 11.8 Å². The summed E-state index contributed by atoms with van der Waals surface area (Å²) in [5.74, 6) is 5.64. The van der Waals surface area contributed by atoms with Gasteiger partial charge in [-0.05, 0) is 56.7 Å². The topological polar surface area (TPSA) is 98.7 Å². The first-order valence-electron chi connectivity index (χ1n) is 8.34. The van der Waals surface area contributed by atoms with Gasteiger partial charge in [-0.25, -0.2) is 5.48 Å². The van der Waals surface area contributed by atoms with Gasteiger partial charge in [-0.15, -0.1) is 0 Å². The lowest BCUT2D eigenvalue weighted by Gasteiger charge is -2.31. The van der Waals surface area contributed by atoms with Gasteiger partial charge in [0.15, 0.2) is 0 Å². The molecular formula is C19H24N2O4S. The predicted octanol–water partition coefficient (Wildman–Crippen LogP) is 1.41. The van der Waals surface area contributed by atoms with Crippen molar-refractivity contribution in [2.75, 3.05) is 12.9 Å². The number of carbonyl (C=O) groups is 2. The van der Waals surface area contributed by atoms with Crippen molar-refractivity contribution < 1.29 is 19.9 Å². The van der Waals surface area contributed by atoms with E-state index in [9.17, 15) is 9.59 Å². The van der Waals surface area contributed by atoms with E-state index in [1.54, 1.807) is 29.7 Å². The molecule has 0 aromatic heterocycles. The van der Waals surface area contributed by atoms with Crippen LogP contribution in [0.25, 0.3) is 0 Å². The molecule has 1 aromatic carbocycles. The highest BCUT2D eigenvalue weighted by Crippen LogP contribution is 2.37. The van der Waals surface area contributed by atoms with E-state index in [0.717, 1.165) is 12.0 Å². The van der Waals surface area contributed by atoms with Crippen molar-refractivity contribution in [3.63, 3.8) is 0 Å². The second kappa shape index (κ2) is 8.58. The number of hydrogen-bond acceptors (Lipinski definition) is 5. The molecule has 0 spiro atoms. The Labute approximate surface area is 157 Å². The van der Waals surface area contributed by atoms with E-state index >= 15 is 0 Å². The first kappa shape index (κ1) is 20.3. The third-order valence-electron chi connectivity index (χ3n) is 4.58. The zero-order valence-electron chi connectivity index (χ0n) is 15.1. The Morgan fingerprint density at radius 3 is 2.50 bits per heavy atom. The van der Waals surface area contributed by atoms with Crippen LogP contribution in [0.2, 0.25) is 0 Å². The molecule has 26 heavy (non-hydrogen) atoms. The fraction of sp³-hybridized carbons (Fsp3) is 0.474. The number of thioether (sulfide) groups is 1. The largest absolute Gasteiger partial charge is 0.396 e. The molecule has 0 saturated heterocycles. The summed E-state index contributed by atoms with van der Waals surface area (Å²) in [6, 6.07) is 5.91. The second-order valence-corrected chi connectivity index (χ2v) is 8.28. The molecular weight excluding hydrogens is 352 g/mol. The molecule has 1 aromatic rings. The number of amides is 2. The van der Waals surface area contributed by atoms with Crippen molar-refractivity contribution in [3.8, 4) is 11.8 Å². The maximum absolute atomic E-state index is 12.5. The van der Waals surface area contributed by atoms with Crippen LogP contribution in [0, 0.1) is 23.7 Å². The van der Waals surface area contributed by atoms with Gasteiger partial charge in [-0.2, -0.15) is 11.8 Å². The Morgan fingerprint density at radius 2 is 2.00 bits per heavy atom. The van der Waals surface area contributed by atoms with Crippen LogP contribution < -0.4 is 10.8 Å². The number of hydroxylamine groups is 1. The predicted molar refractivity (Wildman–Crippen MR) is 101 cm³/mol. The second-order valence-electron chi connectivity index (χ2n) is 6.82. The van der Waals surface area contributed by atoms with Gasteiger partial charge in [0.05, 0.1) is 0 Å². The van der Waals surface area contributed by atoms with Gasteiger partial charge >= 0.3 is 0 Å². The highest BCUT2D eigenvalue weighted by atomic mass is 32.2. The normalized spacial score (nSPS) is 19.7. The lowest BCUT2D eigenvalue weighted by Crippen LogP contribution is -2.55. The summed E-state index contributed by atoms with van der Waals surface area (Å²) in [7, 11) is 0. The molecule has 140 valence electrons. The summed E-state index contributed by atoms with van der Waals surface area (Å²) < 4.78 is -0.596. The molecule has 4 N–H and O–H groups in total. The van der Waals surface area contributed by atoms with E-state index in [0.29, 0.717) is 11.5 Å². The van der Waals surface area contributed by atoms with Crippen molar-refractivity contribution in [2.45, 2.75) is 31.1 Å². The first-order valence-corrected chi connectivity index (χ1v) is 9.57. The van der Waals surface area contributed by atoms with Crippen molar-refractivity contribution >= 4 is 23.6 Å². The van der Waals surface area contributed by atoms with Crippen molar-refractivity contribution in [1.82, 2.24) is 10.8 Å². The Kier molecular flexibility index (Phi) is 6.70. The SMILES string of the molecule is CSC(C)(C)[C@H](NC(=O)c1ccc(C#CC2CC2CO)cc1)C(=O)NO. The lowest BCUT2D eigenvalue weighted by atomic mass is 10.0. The van der Waals surface area contributed by atoms with Gasteiger partial charge in [0.1, 0.15) is 6.04 Å². The van der Waals surface area contributed by atoms with E-state index in [1.165, 1.54) is 11.8 Å². The number of hydrogen-bond donors (Lipinski definition) is 4. The zero-order valence-corrected chi connectivity index (χ0v) is 15.9. The molecule has 2 unspecified atom stereocenters. The molecule has 7 heteroatoms. The minimum atomic E-state index is -0.889. The fourth-order valence-corrected chi connectivity index (χ4v) is 2.86. The molecule has 0 heterocycles. The average molecular weight is 376 g/mol. The standard InChI is InChI=1S/C19H24N2O4S/c1-19(2,26-3)16(18(24)21-25)20-17(23)13-7-4-12(5-8-13)6-9-14-10-15(14)11-22/h4-5,7-8,14-16,22,25H,10-11H2,1-3H3,(H,20,23)(H,21,24)/t14?,15?,16-/m1/s1. The van der Waals surface area contributed by atoms with Crippen LogP contribution in [-0.2, 0) is 4.79 Å². The van der Waals surface area contributed by atoms with Crippen LogP contribution in [-0.4, -0.2) is 45.8 Å². The Morgan fingerprint density at radius 1 is 1.35 bits per heavy atom. The number of rotatable bonds is 6. The first-order chi connectivity index (χ1) is 12.3. The molecule has 1 aliphatic carbocycles. The summed E-state index contributed by atoms with van der Waals surface area (Å²) >= 11 is 1.41. The molecule has 0 bridgehead atoms. The van der Waals surface area contributed by atoms with Crippen molar-refractivity contribution in [2.24, 2.45) is 11.8 Å². The molecule has 2 rings (SSSR count). The number of nitrogens with one attached hydrogen (secondary N) is 2. The monoisotopic (exact) mass is 376 g/mol. The van der Waals surface area contributed by atoms with E-state index < -0.39 is 22.6 Å².